The van der Waals surface area contributed by atoms with Crippen molar-refractivity contribution < 1.29 is 9.53 Å². The average Bonchev–Trinajstić information content (AvgIpc) is 2.46. The van der Waals surface area contributed by atoms with Gasteiger partial charge in [0.05, 0.1) is 7.11 Å². The Hall–Kier alpha value is -1.97. The highest BCUT2D eigenvalue weighted by Gasteiger charge is 2.03. The fourth-order valence-electron chi connectivity index (χ4n) is 1.72. The van der Waals surface area contributed by atoms with Gasteiger partial charge in [0.25, 0.3) is 0 Å². The lowest BCUT2D eigenvalue weighted by Crippen LogP contribution is -1.97. The number of nitrogens with one attached hydrogen (secondary N) is 1. The molecular formula is C16H13Cl2NO2. The molecular weight excluding hydrogens is 309 g/mol. The molecule has 108 valence electrons. The molecule has 1 N–H and O–H groups in total. The summed E-state index contributed by atoms with van der Waals surface area (Å²) in [7, 11) is 1.56. The predicted octanol–water partition coefficient (Wildman–Crippen LogP) is 4.81. The zero-order chi connectivity index (χ0) is 15.2. The first kappa shape index (κ1) is 15.4. The minimum Gasteiger partial charge on any atom is -0.497 e. The van der Waals surface area contributed by atoms with Crippen molar-refractivity contribution >= 4 is 34.7 Å². The number of methoxy groups -OCH3 is 1. The van der Waals surface area contributed by atoms with Gasteiger partial charge in [0.15, 0.2) is 5.78 Å². The molecule has 0 amide bonds. The third-order valence-electron chi connectivity index (χ3n) is 2.70. The van der Waals surface area contributed by atoms with E-state index in [1.165, 1.54) is 6.08 Å². The van der Waals surface area contributed by atoms with Crippen LogP contribution in [0.1, 0.15) is 10.4 Å². The van der Waals surface area contributed by atoms with Gasteiger partial charge < -0.3 is 10.1 Å². The fourth-order valence-corrected chi connectivity index (χ4v) is 2.25. The zero-order valence-electron chi connectivity index (χ0n) is 11.3. The third kappa shape index (κ3) is 4.52. The summed E-state index contributed by atoms with van der Waals surface area (Å²) < 4.78 is 5.08. The highest BCUT2D eigenvalue weighted by Crippen LogP contribution is 2.22. The van der Waals surface area contributed by atoms with Crippen molar-refractivity contribution in [2.45, 2.75) is 0 Å². The summed E-state index contributed by atoms with van der Waals surface area (Å²) >= 11 is 11.8. The summed E-state index contributed by atoms with van der Waals surface area (Å²) in [5.74, 6) is 0.512. The monoisotopic (exact) mass is 321 g/mol. The van der Waals surface area contributed by atoms with Crippen LogP contribution in [0, 0.1) is 0 Å². The average molecular weight is 322 g/mol. The summed E-state index contributed by atoms with van der Waals surface area (Å²) in [5, 5.41) is 4.01. The molecule has 0 unspecified atom stereocenters. The molecule has 2 aromatic rings. The molecule has 3 nitrogen and oxygen atoms in total. The van der Waals surface area contributed by atoms with E-state index in [1.54, 1.807) is 55.8 Å². The summed E-state index contributed by atoms with van der Waals surface area (Å²) in [4.78, 5) is 12.0. The number of anilines is 1. The van der Waals surface area contributed by atoms with E-state index < -0.39 is 0 Å². The van der Waals surface area contributed by atoms with Gasteiger partial charge in [-0.15, -0.1) is 0 Å². The van der Waals surface area contributed by atoms with E-state index in [1.807, 2.05) is 0 Å². The molecule has 0 fully saturated rings. The van der Waals surface area contributed by atoms with Crippen molar-refractivity contribution in [2.75, 3.05) is 12.4 Å². The van der Waals surface area contributed by atoms with Crippen LogP contribution >= 0.6 is 23.2 Å². The number of ketones is 1. The van der Waals surface area contributed by atoms with Gasteiger partial charge >= 0.3 is 0 Å². The van der Waals surface area contributed by atoms with Crippen LogP contribution in [0.4, 0.5) is 5.69 Å². The van der Waals surface area contributed by atoms with E-state index in [9.17, 15) is 4.79 Å². The van der Waals surface area contributed by atoms with Crippen molar-refractivity contribution in [3.63, 3.8) is 0 Å². The smallest absolute Gasteiger partial charge is 0.187 e. The van der Waals surface area contributed by atoms with Gasteiger partial charge in [-0.05, 0) is 30.3 Å². The Kier molecular flexibility index (Phi) is 5.26. The quantitative estimate of drug-likeness (QED) is 0.634. The molecule has 0 heterocycles. The van der Waals surface area contributed by atoms with Crippen LogP contribution in [-0.4, -0.2) is 12.9 Å². The molecule has 0 bridgehead atoms. The van der Waals surface area contributed by atoms with Crippen LogP contribution in [0.15, 0.2) is 54.7 Å². The summed E-state index contributed by atoms with van der Waals surface area (Å²) in [6, 6.07) is 12.0. The lowest BCUT2D eigenvalue weighted by Gasteiger charge is -2.03. The van der Waals surface area contributed by atoms with Crippen LogP contribution in [0.5, 0.6) is 5.75 Å². The Morgan fingerprint density at radius 1 is 1.14 bits per heavy atom. The van der Waals surface area contributed by atoms with Crippen LogP contribution in [0.25, 0.3) is 0 Å². The van der Waals surface area contributed by atoms with Gasteiger partial charge in [0.1, 0.15) is 5.75 Å². The van der Waals surface area contributed by atoms with E-state index in [-0.39, 0.29) is 5.78 Å². The second-order valence-corrected chi connectivity index (χ2v) is 5.10. The molecule has 0 aliphatic carbocycles. The van der Waals surface area contributed by atoms with Crippen molar-refractivity contribution in [3.8, 4) is 5.75 Å². The second-order valence-electron chi connectivity index (χ2n) is 4.23. The van der Waals surface area contributed by atoms with Crippen molar-refractivity contribution in [1.82, 2.24) is 0 Å². The van der Waals surface area contributed by atoms with Gasteiger partial charge in [-0.2, -0.15) is 0 Å². The van der Waals surface area contributed by atoms with E-state index in [0.717, 1.165) is 0 Å². The maximum absolute atomic E-state index is 12.0. The van der Waals surface area contributed by atoms with Crippen LogP contribution in [-0.2, 0) is 0 Å². The third-order valence-corrected chi connectivity index (χ3v) is 3.14. The molecule has 0 spiro atoms. The molecule has 5 heteroatoms. The van der Waals surface area contributed by atoms with Crippen LogP contribution in [0.3, 0.4) is 0 Å². The number of carbonyl (C=O) groups is 1. The van der Waals surface area contributed by atoms with Crippen molar-refractivity contribution in [2.24, 2.45) is 0 Å². The Bertz CT molecular complexity index is 663. The molecule has 0 saturated heterocycles. The first-order chi connectivity index (χ1) is 10.1. The number of rotatable bonds is 5. The number of benzene rings is 2. The van der Waals surface area contributed by atoms with Crippen molar-refractivity contribution in [3.05, 3.63) is 70.3 Å². The van der Waals surface area contributed by atoms with Crippen LogP contribution in [0.2, 0.25) is 10.0 Å². The molecule has 0 aliphatic heterocycles. The maximum Gasteiger partial charge on any atom is 0.187 e. The Balaban J connectivity index is 2.05. The summed E-state index contributed by atoms with van der Waals surface area (Å²) in [6.07, 6.45) is 2.98. The molecule has 0 atom stereocenters. The molecule has 2 aromatic carbocycles. The summed E-state index contributed by atoms with van der Waals surface area (Å²) in [5.41, 5.74) is 1.26. The molecule has 2 rings (SSSR count). The van der Waals surface area contributed by atoms with Gasteiger partial charge in [0, 0.05) is 33.6 Å². The lowest BCUT2D eigenvalue weighted by molar-refractivity contribution is 0.104. The maximum atomic E-state index is 12.0. The van der Waals surface area contributed by atoms with Crippen molar-refractivity contribution in [1.29, 1.82) is 0 Å². The Labute approximate surface area is 133 Å². The second kappa shape index (κ2) is 7.16. The highest BCUT2D eigenvalue weighted by molar-refractivity contribution is 6.35. The number of hydrogen-bond donors (Lipinski definition) is 1. The number of halogens is 2. The van der Waals surface area contributed by atoms with Gasteiger partial charge in [-0.25, -0.2) is 0 Å². The molecule has 0 radical (unpaired) electrons. The number of carbonyl (C=O) groups excluding carboxylic acids is 1. The summed E-state index contributed by atoms with van der Waals surface area (Å²) in [6.45, 7) is 0. The predicted molar refractivity (Wildman–Crippen MR) is 86.5 cm³/mol. The SMILES string of the molecule is COc1cccc(C(=O)/C=C/Nc2cc(Cl)cc(Cl)c2)c1. The molecule has 0 saturated carbocycles. The minimum absolute atomic E-state index is 0.130. The molecule has 0 aromatic heterocycles. The normalized spacial score (nSPS) is 10.6. The number of hydrogen-bond acceptors (Lipinski definition) is 3. The van der Waals surface area contributed by atoms with Gasteiger partial charge in [-0.1, -0.05) is 35.3 Å². The molecule has 0 aliphatic rings. The number of allylic oxidation sites excluding steroid dienone is 1. The fraction of sp³-hybridized carbons (Fsp3) is 0.0625. The highest BCUT2D eigenvalue weighted by atomic mass is 35.5. The van der Waals surface area contributed by atoms with E-state index in [2.05, 4.69) is 5.32 Å². The lowest BCUT2D eigenvalue weighted by atomic mass is 10.1. The molecule has 21 heavy (non-hydrogen) atoms. The van der Waals surface area contributed by atoms with E-state index in [0.29, 0.717) is 27.0 Å². The van der Waals surface area contributed by atoms with E-state index >= 15 is 0 Å². The first-order valence-electron chi connectivity index (χ1n) is 6.16. The van der Waals surface area contributed by atoms with Gasteiger partial charge in [0.2, 0.25) is 0 Å². The first-order valence-corrected chi connectivity index (χ1v) is 6.91. The topological polar surface area (TPSA) is 38.3 Å². The van der Waals surface area contributed by atoms with Gasteiger partial charge in [-0.3, -0.25) is 4.79 Å². The zero-order valence-corrected chi connectivity index (χ0v) is 12.8. The number of ether oxygens (including phenoxy) is 1. The Morgan fingerprint density at radius 2 is 1.86 bits per heavy atom. The standard InChI is InChI=1S/C16H13Cl2NO2/c1-21-15-4-2-3-11(7-15)16(20)5-6-19-14-9-12(17)8-13(18)10-14/h2-10,19H,1H3/b6-5+. The van der Waals surface area contributed by atoms with Crippen LogP contribution < -0.4 is 10.1 Å². The Morgan fingerprint density at radius 3 is 2.52 bits per heavy atom. The minimum atomic E-state index is -0.130. The largest absolute Gasteiger partial charge is 0.497 e. The van der Waals surface area contributed by atoms with E-state index in [4.69, 9.17) is 27.9 Å².